The Labute approximate surface area is 197 Å². The summed E-state index contributed by atoms with van der Waals surface area (Å²) in [4.78, 5) is 7.30. The van der Waals surface area contributed by atoms with E-state index < -0.39 is 0 Å². The number of ether oxygens (including phenoxy) is 1. The fourth-order valence-electron chi connectivity index (χ4n) is 4.84. The summed E-state index contributed by atoms with van der Waals surface area (Å²) in [6.45, 7) is 6.39. The molecule has 0 unspecified atom stereocenters. The van der Waals surface area contributed by atoms with E-state index in [2.05, 4.69) is 65.0 Å². The molecule has 1 aromatic carbocycles. The standard InChI is InChI=1S/C28H35N3O2/c1-22-20-31(21-26(22)33-2)27-12-11-24(25(30-27)19-23-9-5-3-6-10-23)13-16-28(29-17-18-32)14-7-4-8-15-28/h3,5-6,9-12,26,29,32H,1,4,7-8,14-15,17-21H2,2H3/t26-/m1/s1. The van der Waals surface area contributed by atoms with Gasteiger partial charge in [0.05, 0.1) is 23.9 Å². The molecule has 2 N–H and O–H groups in total. The Morgan fingerprint density at radius 2 is 1.97 bits per heavy atom. The molecule has 5 heteroatoms. The number of hydrogen-bond donors (Lipinski definition) is 2. The molecule has 4 rings (SSSR count). The summed E-state index contributed by atoms with van der Waals surface area (Å²) in [5, 5.41) is 12.9. The molecule has 174 valence electrons. The Kier molecular flexibility index (Phi) is 7.82. The second-order valence-corrected chi connectivity index (χ2v) is 9.13. The predicted molar refractivity (Wildman–Crippen MR) is 133 cm³/mol. The van der Waals surface area contributed by atoms with Crippen LogP contribution in [0.4, 0.5) is 5.82 Å². The first kappa shape index (κ1) is 23.5. The van der Waals surface area contributed by atoms with Crippen molar-refractivity contribution in [3.63, 3.8) is 0 Å². The van der Waals surface area contributed by atoms with Crippen molar-refractivity contribution < 1.29 is 9.84 Å². The summed E-state index contributed by atoms with van der Waals surface area (Å²) in [5.74, 6) is 7.99. The zero-order chi connectivity index (χ0) is 23.1. The van der Waals surface area contributed by atoms with Gasteiger partial charge in [-0.25, -0.2) is 4.98 Å². The SMILES string of the molecule is C=C1CN(c2ccc(C#CC3(NCCO)CCCCC3)c(Cc3ccccc3)n2)C[C@H]1OC. The first-order chi connectivity index (χ1) is 16.1. The number of pyridine rings is 1. The van der Waals surface area contributed by atoms with E-state index in [9.17, 15) is 5.11 Å². The molecule has 0 amide bonds. The number of methoxy groups -OCH3 is 1. The summed E-state index contributed by atoms with van der Waals surface area (Å²) in [6, 6.07) is 14.6. The number of aliphatic hydroxyl groups excluding tert-OH is 1. The minimum Gasteiger partial charge on any atom is -0.395 e. The molecule has 2 aromatic rings. The largest absolute Gasteiger partial charge is 0.395 e. The lowest BCUT2D eigenvalue weighted by Gasteiger charge is -2.33. The molecule has 2 heterocycles. The van der Waals surface area contributed by atoms with Crippen molar-refractivity contribution in [2.24, 2.45) is 0 Å². The number of aromatic nitrogens is 1. The molecular formula is C28H35N3O2. The van der Waals surface area contributed by atoms with Gasteiger partial charge in [0, 0.05) is 38.7 Å². The summed E-state index contributed by atoms with van der Waals surface area (Å²) in [6.07, 6.45) is 6.41. The van der Waals surface area contributed by atoms with Gasteiger partial charge < -0.3 is 14.7 Å². The van der Waals surface area contributed by atoms with Gasteiger partial charge in [0.25, 0.3) is 0 Å². The monoisotopic (exact) mass is 445 g/mol. The number of rotatable bonds is 7. The molecule has 1 aliphatic carbocycles. The van der Waals surface area contributed by atoms with Crippen LogP contribution in [0.5, 0.6) is 0 Å². The summed E-state index contributed by atoms with van der Waals surface area (Å²) >= 11 is 0. The lowest BCUT2D eigenvalue weighted by molar-refractivity contribution is 0.148. The third-order valence-electron chi connectivity index (χ3n) is 6.74. The molecule has 0 bridgehead atoms. The smallest absolute Gasteiger partial charge is 0.129 e. The second kappa shape index (κ2) is 11.0. The third kappa shape index (κ3) is 5.83. The van der Waals surface area contributed by atoms with Gasteiger partial charge in [-0.15, -0.1) is 0 Å². The van der Waals surface area contributed by atoms with E-state index in [-0.39, 0.29) is 18.2 Å². The lowest BCUT2D eigenvalue weighted by Crippen LogP contribution is -2.46. The van der Waals surface area contributed by atoms with E-state index >= 15 is 0 Å². The van der Waals surface area contributed by atoms with Gasteiger partial charge in [-0.05, 0) is 36.1 Å². The van der Waals surface area contributed by atoms with Crippen LogP contribution in [0.1, 0.15) is 48.9 Å². The van der Waals surface area contributed by atoms with E-state index in [1.807, 2.05) is 6.07 Å². The molecule has 0 radical (unpaired) electrons. The average molecular weight is 446 g/mol. The highest BCUT2D eigenvalue weighted by molar-refractivity contribution is 5.51. The molecule has 1 saturated carbocycles. The van der Waals surface area contributed by atoms with Gasteiger partial charge in [-0.2, -0.15) is 0 Å². The number of aliphatic hydroxyl groups is 1. The Bertz CT molecular complexity index is 1000. The molecule has 0 spiro atoms. The van der Waals surface area contributed by atoms with Crippen LogP contribution in [-0.4, -0.2) is 55.1 Å². The topological polar surface area (TPSA) is 57.6 Å². The lowest BCUT2D eigenvalue weighted by atomic mass is 9.82. The van der Waals surface area contributed by atoms with Crippen molar-refractivity contribution in [3.8, 4) is 11.8 Å². The minimum atomic E-state index is -0.220. The zero-order valence-electron chi connectivity index (χ0n) is 19.6. The third-order valence-corrected chi connectivity index (χ3v) is 6.74. The van der Waals surface area contributed by atoms with Gasteiger partial charge in [0.1, 0.15) is 5.82 Å². The Morgan fingerprint density at radius 1 is 1.18 bits per heavy atom. The first-order valence-electron chi connectivity index (χ1n) is 12.0. The zero-order valence-corrected chi connectivity index (χ0v) is 19.6. The van der Waals surface area contributed by atoms with Crippen molar-refractivity contribution in [2.75, 3.05) is 38.3 Å². The van der Waals surface area contributed by atoms with Gasteiger partial charge in [-0.3, -0.25) is 5.32 Å². The molecule has 1 aromatic heterocycles. The Hall–Kier alpha value is -2.65. The summed E-state index contributed by atoms with van der Waals surface area (Å²) in [7, 11) is 1.73. The highest BCUT2D eigenvalue weighted by Gasteiger charge is 2.30. The van der Waals surface area contributed by atoms with Crippen molar-refractivity contribution in [2.45, 2.75) is 50.2 Å². The normalized spacial score (nSPS) is 19.9. The number of nitrogens with one attached hydrogen (secondary N) is 1. The summed E-state index contributed by atoms with van der Waals surface area (Å²) in [5.41, 5.74) is 4.05. The van der Waals surface area contributed by atoms with Gasteiger partial charge in [-0.1, -0.05) is 68.0 Å². The molecule has 1 atom stereocenters. The number of hydrogen-bond acceptors (Lipinski definition) is 5. The van der Waals surface area contributed by atoms with Crippen LogP contribution in [-0.2, 0) is 11.2 Å². The average Bonchev–Trinajstić information content (AvgIpc) is 3.24. The Morgan fingerprint density at radius 3 is 2.67 bits per heavy atom. The second-order valence-electron chi connectivity index (χ2n) is 9.13. The van der Waals surface area contributed by atoms with Crippen LogP contribution in [0.3, 0.4) is 0 Å². The predicted octanol–water partition coefficient (Wildman–Crippen LogP) is 3.70. The van der Waals surface area contributed by atoms with E-state index in [1.54, 1.807) is 7.11 Å². The first-order valence-corrected chi connectivity index (χ1v) is 12.0. The van der Waals surface area contributed by atoms with Crippen molar-refractivity contribution >= 4 is 5.82 Å². The molecule has 33 heavy (non-hydrogen) atoms. The van der Waals surface area contributed by atoms with Crippen molar-refractivity contribution in [1.82, 2.24) is 10.3 Å². The van der Waals surface area contributed by atoms with E-state index in [0.717, 1.165) is 55.0 Å². The molecule has 2 fully saturated rings. The fourth-order valence-corrected chi connectivity index (χ4v) is 4.84. The van der Waals surface area contributed by atoms with Crippen LogP contribution in [0.25, 0.3) is 0 Å². The van der Waals surface area contributed by atoms with Gasteiger partial charge in [0.15, 0.2) is 0 Å². The van der Waals surface area contributed by atoms with Crippen LogP contribution in [0.2, 0.25) is 0 Å². The fraction of sp³-hybridized carbons (Fsp3) is 0.464. The number of benzene rings is 1. The van der Waals surface area contributed by atoms with Crippen LogP contribution in [0.15, 0.2) is 54.6 Å². The van der Waals surface area contributed by atoms with Crippen LogP contribution >= 0.6 is 0 Å². The molecule has 1 aliphatic heterocycles. The summed E-state index contributed by atoms with van der Waals surface area (Å²) < 4.78 is 5.56. The number of nitrogens with zero attached hydrogens (tertiary/aromatic N) is 2. The maximum Gasteiger partial charge on any atom is 0.129 e. The number of anilines is 1. The van der Waals surface area contributed by atoms with Gasteiger partial charge in [0.2, 0.25) is 0 Å². The van der Waals surface area contributed by atoms with Crippen LogP contribution < -0.4 is 10.2 Å². The minimum absolute atomic E-state index is 0.0487. The Balaban J connectivity index is 1.65. The van der Waals surface area contributed by atoms with Crippen LogP contribution in [0, 0.1) is 11.8 Å². The maximum absolute atomic E-state index is 9.35. The molecular weight excluding hydrogens is 410 g/mol. The van der Waals surface area contributed by atoms with Gasteiger partial charge >= 0.3 is 0 Å². The van der Waals surface area contributed by atoms with Crippen molar-refractivity contribution in [1.29, 1.82) is 0 Å². The molecule has 5 nitrogen and oxygen atoms in total. The van der Waals surface area contributed by atoms with E-state index in [0.29, 0.717) is 6.54 Å². The van der Waals surface area contributed by atoms with E-state index in [1.165, 1.54) is 24.8 Å². The molecule has 1 saturated heterocycles. The maximum atomic E-state index is 9.35. The number of β-amino-alcohol motifs (C(OH)–C–C–N with tert-alkyl or cyclic N) is 1. The quantitative estimate of drug-likeness (QED) is 0.503. The highest BCUT2D eigenvalue weighted by Crippen LogP contribution is 2.28. The molecule has 2 aliphatic rings. The highest BCUT2D eigenvalue weighted by atomic mass is 16.5. The van der Waals surface area contributed by atoms with E-state index in [4.69, 9.17) is 9.72 Å². The van der Waals surface area contributed by atoms with Crippen molar-refractivity contribution in [3.05, 3.63) is 71.4 Å².